The second-order valence-corrected chi connectivity index (χ2v) is 5.09. The zero-order chi connectivity index (χ0) is 12.4. The summed E-state index contributed by atoms with van der Waals surface area (Å²) in [5.41, 5.74) is 11.2. The molecular formula is C14H15BrN2. The molecule has 88 valence electrons. The average Bonchev–Trinajstić information content (AvgIpc) is 2.27. The average molecular weight is 291 g/mol. The van der Waals surface area contributed by atoms with E-state index < -0.39 is 0 Å². The van der Waals surface area contributed by atoms with E-state index >= 15 is 0 Å². The van der Waals surface area contributed by atoms with Gasteiger partial charge in [-0.1, -0.05) is 28.1 Å². The first kappa shape index (κ1) is 12.0. The number of hydrogen-bond donors (Lipinski definition) is 2. The van der Waals surface area contributed by atoms with Crippen molar-refractivity contribution in [3.63, 3.8) is 0 Å². The Morgan fingerprint density at radius 3 is 2.47 bits per heavy atom. The van der Waals surface area contributed by atoms with Crippen LogP contribution in [0.2, 0.25) is 0 Å². The van der Waals surface area contributed by atoms with Crippen LogP contribution >= 0.6 is 15.9 Å². The number of halogens is 1. The third kappa shape index (κ3) is 2.80. The van der Waals surface area contributed by atoms with E-state index in [9.17, 15) is 0 Å². The zero-order valence-electron chi connectivity index (χ0n) is 9.92. The Labute approximate surface area is 110 Å². The smallest absolute Gasteiger partial charge is 0.0618 e. The zero-order valence-corrected chi connectivity index (χ0v) is 11.5. The van der Waals surface area contributed by atoms with Gasteiger partial charge in [0.2, 0.25) is 0 Å². The molecule has 0 unspecified atom stereocenters. The first-order chi connectivity index (χ1) is 8.06. The van der Waals surface area contributed by atoms with Crippen molar-refractivity contribution in [2.45, 2.75) is 13.8 Å². The van der Waals surface area contributed by atoms with Gasteiger partial charge >= 0.3 is 0 Å². The van der Waals surface area contributed by atoms with Gasteiger partial charge in [-0.15, -0.1) is 0 Å². The number of anilines is 3. The molecule has 2 nitrogen and oxygen atoms in total. The van der Waals surface area contributed by atoms with E-state index in [2.05, 4.69) is 53.3 Å². The van der Waals surface area contributed by atoms with Gasteiger partial charge in [-0.05, 0) is 49.2 Å². The molecule has 0 saturated heterocycles. The van der Waals surface area contributed by atoms with E-state index in [4.69, 9.17) is 5.73 Å². The first-order valence-electron chi connectivity index (χ1n) is 5.45. The predicted molar refractivity (Wildman–Crippen MR) is 77.8 cm³/mol. The van der Waals surface area contributed by atoms with Gasteiger partial charge in [-0.3, -0.25) is 0 Å². The molecule has 2 aromatic carbocycles. The molecule has 3 heteroatoms. The SMILES string of the molecule is Cc1ccc(C)c(Nc2ccc(Br)cc2N)c1. The van der Waals surface area contributed by atoms with Crippen LogP contribution in [0.1, 0.15) is 11.1 Å². The van der Waals surface area contributed by atoms with Crippen molar-refractivity contribution in [2.24, 2.45) is 0 Å². The molecule has 0 aliphatic heterocycles. The summed E-state index contributed by atoms with van der Waals surface area (Å²) in [5, 5.41) is 3.36. The van der Waals surface area contributed by atoms with Gasteiger partial charge in [-0.25, -0.2) is 0 Å². The summed E-state index contributed by atoms with van der Waals surface area (Å²) in [4.78, 5) is 0. The third-order valence-corrected chi connectivity index (χ3v) is 3.17. The molecule has 0 bridgehead atoms. The molecule has 0 spiro atoms. The fourth-order valence-corrected chi connectivity index (χ4v) is 2.04. The standard InChI is InChI=1S/C14H15BrN2/c1-9-3-4-10(2)14(7-9)17-13-6-5-11(15)8-12(13)16/h3-8,17H,16H2,1-2H3. The fourth-order valence-electron chi connectivity index (χ4n) is 1.66. The lowest BCUT2D eigenvalue weighted by atomic mass is 10.1. The van der Waals surface area contributed by atoms with Gasteiger partial charge in [0.15, 0.2) is 0 Å². The number of nitrogens with two attached hydrogens (primary N) is 1. The summed E-state index contributed by atoms with van der Waals surface area (Å²) in [6.07, 6.45) is 0. The molecule has 0 aromatic heterocycles. The molecule has 17 heavy (non-hydrogen) atoms. The lowest BCUT2D eigenvalue weighted by molar-refractivity contribution is 1.38. The van der Waals surface area contributed by atoms with E-state index in [1.54, 1.807) is 0 Å². The van der Waals surface area contributed by atoms with E-state index in [0.717, 1.165) is 21.5 Å². The van der Waals surface area contributed by atoms with Gasteiger partial charge < -0.3 is 11.1 Å². The van der Waals surface area contributed by atoms with Gasteiger partial charge in [0, 0.05) is 10.2 Å². The molecule has 3 N–H and O–H groups in total. The Kier molecular flexibility index (Phi) is 3.38. The summed E-state index contributed by atoms with van der Waals surface area (Å²) in [6.45, 7) is 4.16. The van der Waals surface area contributed by atoms with Crippen LogP contribution in [-0.4, -0.2) is 0 Å². The summed E-state index contributed by atoms with van der Waals surface area (Å²) in [5.74, 6) is 0. The molecule has 0 aliphatic carbocycles. The maximum Gasteiger partial charge on any atom is 0.0618 e. The molecular weight excluding hydrogens is 276 g/mol. The molecule has 0 heterocycles. The maximum atomic E-state index is 5.96. The highest BCUT2D eigenvalue weighted by molar-refractivity contribution is 9.10. The summed E-state index contributed by atoms with van der Waals surface area (Å²) >= 11 is 3.40. The summed E-state index contributed by atoms with van der Waals surface area (Å²) in [7, 11) is 0. The topological polar surface area (TPSA) is 38.0 Å². The Morgan fingerprint density at radius 1 is 1.00 bits per heavy atom. The van der Waals surface area contributed by atoms with Gasteiger partial charge in [-0.2, -0.15) is 0 Å². The molecule has 0 saturated carbocycles. The van der Waals surface area contributed by atoms with Crippen molar-refractivity contribution in [2.75, 3.05) is 11.1 Å². The first-order valence-corrected chi connectivity index (χ1v) is 6.25. The number of rotatable bonds is 2. The number of hydrogen-bond acceptors (Lipinski definition) is 2. The highest BCUT2D eigenvalue weighted by Crippen LogP contribution is 2.28. The quantitative estimate of drug-likeness (QED) is 0.805. The molecule has 2 rings (SSSR count). The molecule has 0 aliphatic rings. The van der Waals surface area contributed by atoms with Crippen LogP contribution < -0.4 is 11.1 Å². The lowest BCUT2D eigenvalue weighted by Crippen LogP contribution is -1.98. The van der Waals surface area contributed by atoms with Crippen LogP contribution in [0.3, 0.4) is 0 Å². The number of nitrogens with one attached hydrogen (secondary N) is 1. The molecule has 0 radical (unpaired) electrons. The van der Waals surface area contributed by atoms with Crippen LogP contribution in [0.5, 0.6) is 0 Å². The van der Waals surface area contributed by atoms with Crippen molar-refractivity contribution in [3.05, 3.63) is 52.0 Å². The van der Waals surface area contributed by atoms with Crippen molar-refractivity contribution < 1.29 is 0 Å². The second kappa shape index (κ2) is 4.80. The highest BCUT2D eigenvalue weighted by atomic mass is 79.9. The van der Waals surface area contributed by atoms with Crippen LogP contribution in [0, 0.1) is 13.8 Å². The van der Waals surface area contributed by atoms with Gasteiger partial charge in [0.1, 0.15) is 0 Å². The van der Waals surface area contributed by atoms with E-state index in [0.29, 0.717) is 0 Å². The second-order valence-electron chi connectivity index (χ2n) is 4.17. The number of aryl methyl sites for hydroxylation is 2. The summed E-state index contributed by atoms with van der Waals surface area (Å²) in [6, 6.07) is 12.2. The highest BCUT2D eigenvalue weighted by Gasteiger charge is 2.03. The van der Waals surface area contributed by atoms with E-state index in [1.807, 2.05) is 18.2 Å². The Hall–Kier alpha value is -1.48. The monoisotopic (exact) mass is 290 g/mol. The largest absolute Gasteiger partial charge is 0.397 e. The molecule has 2 aromatic rings. The Morgan fingerprint density at radius 2 is 1.76 bits per heavy atom. The van der Waals surface area contributed by atoms with Crippen LogP contribution in [0.25, 0.3) is 0 Å². The van der Waals surface area contributed by atoms with E-state index in [-0.39, 0.29) is 0 Å². The molecule has 0 atom stereocenters. The third-order valence-electron chi connectivity index (χ3n) is 2.68. The van der Waals surface area contributed by atoms with Crippen molar-refractivity contribution in [3.8, 4) is 0 Å². The molecule has 0 amide bonds. The minimum absolute atomic E-state index is 0.736. The van der Waals surface area contributed by atoms with Gasteiger partial charge in [0.25, 0.3) is 0 Å². The normalized spacial score (nSPS) is 10.3. The maximum absolute atomic E-state index is 5.96. The minimum Gasteiger partial charge on any atom is -0.397 e. The lowest BCUT2D eigenvalue weighted by Gasteiger charge is -2.12. The number of benzene rings is 2. The number of nitrogen functional groups attached to an aromatic ring is 1. The predicted octanol–water partition coefficient (Wildman–Crippen LogP) is 4.39. The van der Waals surface area contributed by atoms with Gasteiger partial charge in [0.05, 0.1) is 11.4 Å². The van der Waals surface area contributed by atoms with Crippen LogP contribution in [-0.2, 0) is 0 Å². The van der Waals surface area contributed by atoms with Crippen molar-refractivity contribution in [1.82, 2.24) is 0 Å². The minimum atomic E-state index is 0.736. The fraction of sp³-hybridized carbons (Fsp3) is 0.143. The van der Waals surface area contributed by atoms with Crippen molar-refractivity contribution in [1.29, 1.82) is 0 Å². The van der Waals surface area contributed by atoms with Crippen LogP contribution in [0.15, 0.2) is 40.9 Å². The molecule has 0 fully saturated rings. The van der Waals surface area contributed by atoms with Crippen molar-refractivity contribution >= 4 is 33.0 Å². The Balaban J connectivity index is 2.34. The summed E-state index contributed by atoms with van der Waals surface area (Å²) < 4.78 is 0.988. The Bertz CT molecular complexity index is 550. The van der Waals surface area contributed by atoms with Crippen LogP contribution in [0.4, 0.5) is 17.1 Å². The van der Waals surface area contributed by atoms with E-state index in [1.165, 1.54) is 11.1 Å².